The second-order valence-corrected chi connectivity index (χ2v) is 5.55. The van der Waals surface area contributed by atoms with Crippen LogP contribution in [-0.2, 0) is 0 Å². The molecular weight excluding hydrogens is 286 g/mol. The molecule has 118 valence electrons. The maximum Gasteiger partial charge on any atom is 0.248 e. The fourth-order valence-electron chi connectivity index (χ4n) is 2.55. The molecule has 2 aromatic rings. The third-order valence-electron chi connectivity index (χ3n) is 3.72. The number of nitrogens with zero attached hydrogens (tertiary/aromatic N) is 1. The van der Waals surface area contributed by atoms with Gasteiger partial charge in [-0.2, -0.15) is 0 Å². The molecule has 0 fully saturated rings. The lowest BCUT2D eigenvalue weighted by molar-refractivity contribution is 0.266. The number of aromatic amines is 1. The Kier molecular flexibility index (Phi) is 7.27. The van der Waals surface area contributed by atoms with Gasteiger partial charge < -0.3 is 14.6 Å². The van der Waals surface area contributed by atoms with Crippen molar-refractivity contribution in [1.29, 1.82) is 0 Å². The molecule has 4 nitrogen and oxygen atoms in total. The summed E-state index contributed by atoms with van der Waals surface area (Å²) in [5, 5.41) is 0.996. The Morgan fingerprint density at radius 3 is 2.48 bits per heavy atom. The molecule has 1 heterocycles. The van der Waals surface area contributed by atoms with Crippen LogP contribution in [0.15, 0.2) is 35.1 Å². The van der Waals surface area contributed by atoms with E-state index in [1.165, 1.54) is 6.07 Å². The number of hydrogen-bond acceptors (Lipinski definition) is 3. The molecule has 0 aliphatic carbocycles. The minimum atomic E-state index is -0.102. The van der Waals surface area contributed by atoms with Gasteiger partial charge in [-0.1, -0.05) is 12.6 Å². The van der Waals surface area contributed by atoms with E-state index in [0.717, 1.165) is 49.1 Å². The lowest BCUT2D eigenvalue weighted by atomic mass is 10.0. The Balaban J connectivity index is 1.76. The normalized spacial score (nSPS) is 11.2. The summed E-state index contributed by atoms with van der Waals surface area (Å²) in [4.78, 5) is 16.4. The quantitative estimate of drug-likeness (QED) is 0.540. The second kappa shape index (κ2) is 9.46. The monoisotopic (exact) mass is 308 g/mol. The first kappa shape index (κ1) is 17.7. The third-order valence-corrected chi connectivity index (χ3v) is 3.72. The van der Waals surface area contributed by atoms with Gasteiger partial charge in [0.15, 0.2) is 0 Å². The van der Waals surface area contributed by atoms with Crippen molar-refractivity contribution < 1.29 is 4.74 Å². The minimum absolute atomic E-state index is 0.102. The van der Waals surface area contributed by atoms with Crippen LogP contribution in [0.5, 0.6) is 5.75 Å². The number of nitrogens with one attached hydrogen (secondary N) is 1. The SMILES string of the molecule is [B]CCN(CC[B])CCCCOc1ccc2ccc(=O)[nH]c2c1. The predicted molar refractivity (Wildman–Crippen MR) is 96.9 cm³/mol. The number of rotatable bonds is 10. The third kappa shape index (κ3) is 5.79. The lowest BCUT2D eigenvalue weighted by Gasteiger charge is -2.20. The van der Waals surface area contributed by atoms with Crippen molar-refractivity contribution in [3.05, 3.63) is 40.7 Å². The number of benzene rings is 1. The number of pyridine rings is 1. The Morgan fingerprint density at radius 2 is 1.74 bits per heavy atom. The molecule has 2 rings (SSSR count). The average Bonchev–Trinajstić information content (AvgIpc) is 2.54. The zero-order valence-corrected chi connectivity index (χ0v) is 13.5. The first-order valence-corrected chi connectivity index (χ1v) is 8.11. The second-order valence-electron chi connectivity index (χ2n) is 5.55. The minimum Gasteiger partial charge on any atom is -0.494 e. The maximum absolute atomic E-state index is 11.3. The Morgan fingerprint density at radius 1 is 1.00 bits per heavy atom. The molecule has 1 N–H and O–H groups in total. The number of hydrogen-bond donors (Lipinski definition) is 1. The van der Waals surface area contributed by atoms with Crippen LogP contribution < -0.4 is 10.3 Å². The summed E-state index contributed by atoms with van der Waals surface area (Å²) in [6.07, 6.45) is 3.33. The van der Waals surface area contributed by atoms with E-state index < -0.39 is 0 Å². The van der Waals surface area contributed by atoms with Gasteiger partial charge in [-0.15, -0.1) is 0 Å². The number of ether oxygens (including phenoxy) is 1. The molecule has 0 unspecified atom stereocenters. The molecule has 4 radical (unpaired) electrons. The molecule has 0 spiro atoms. The first-order chi connectivity index (χ1) is 11.2. The molecule has 0 atom stereocenters. The van der Waals surface area contributed by atoms with Crippen LogP contribution in [-0.4, -0.2) is 51.8 Å². The van der Waals surface area contributed by atoms with Crippen LogP contribution in [0.3, 0.4) is 0 Å². The van der Waals surface area contributed by atoms with E-state index in [4.69, 9.17) is 20.4 Å². The first-order valence-electron chi connectivity index (χ1n) is 8.11. The highest BCUT2D eigenvalue weighted by Gasteiger charge is 2.02. The molecule has 0 aliphatic rings. The molecule has 0 aliphatic heterocycles. The van der Waals surface area contributed by atoms with Crippen molar-refractivity contribution in [2.75, 3.05) is 26.2 Å². The number of unbranched alkanes of at least 4 members (excludes halogenated alkanes) is 1. The Hall–Kier alpha value is -1.68. The van der Waals surface area contributed by atoms with Crippen LogP contribution in [0.2, 0.25) is 12.6 Å². The van der Waals surface area contributed by atoms with Gasteiger partial charge >= 0.3 is 0 Å². The smallest absolute Gasteiger partial charge is 0.248 e. The topological polar surface area (TPSA) is 45.3 Å². The summed E-state index contributed by atoms with van der Waals surface area (Å²) < 4.78 is 5.77. The van der Waals surface area contributed by atoms with Gasteiger partial charge in [-0.3, -0.25) is 4.79 Å². The summed E-state index contributed by atoms with van der Waals surface area (Å²) in [6, 6.07) is 9.07. The van der Waals surface area contributed by atoms with Crippen LogP contribution in [0.4, 0.5) is 0 Å². The summed E-state index contributed by atoms with van der Waals surface area (Å²) in [7, 11) is 11.2. The van der Waals surface area contributed by atoms with Gasteiger partial charge in [-0.25, -0.2) is 0 Å². The van der Waals surface area contributed by atoms with Gasteiger partial charge in [0, 0.05) is 12.1 Å². The van der Waals surface area contributed by atoms with Gasteiger partial charge in [0.2, 0.25) is 5.56 Å². The average molecular weight is 308 g/mol. The van der Waals surface area contributed by atoms with Gasteiger partial charge in [-0.05, 0) is 56.1 Å². The largest absolute Gasteiger partial charge is 0.494 e. The van der Waals surface area contributed by atoms with E-state index in [-0.39, 0.29) is 5.56 Å². The Labute approximate surface area is 140 Å². The fourth-order valence-corrected chi connectivity index (χ4v) is 2.55. The highest BCUT2D eigenvalue weighted by Crippen LogP contribution is 2.18. The molecule has 1 aromatic carbocycles. The van der Waals surface area contributed by atoms with Gasteiger partial charge in [0.25, 0.3) is 0 Å². The zero-order chi connectivity index (χ0) is 16.5. The van der Waals surface area contributed by atoms with E-state index in [1.807, 2.05) is 18.2 Å². The van der Waals surface area contributed by atoms with Crippen molar-refractivity contribution in [3.63, 3.8) is 0 Å². The van der Waals surface area contributed by atoms with Crippen molar-refractivity contribution in [3.8, 4) is 5.75 Å². The fraction of sp³-hybridized carbons (Fsp3) is 0.471. The number of aromatic nitrogens is 1. The van der Waals surface area contributed by atoms with Crippen LogP contribution in [0, 0.1) is 0 Å². The van der Waals surface area contributed by atoms with Crippen molar-refractivity contribution in [2.24, 2.45) is 0 Å². The molecule has 0 bridgehead atoms. The standard InChI is InChI=1S/C17H22B2N2O2/c18-7-10-21(11-8-19)9-1-2-12-23-15-5-3-14-4-6-17(22)20-16(14)13-15/h3-6,13H,1-2,7-12H2,(H,20,22). The van der Waals surface area contributed by atoms with Crippen LogP contribution in [0.1, 0.15) is 12.8 Å². The van der Waals surface area contributed by atoms with E-state index >= 15 is 0 Å². The summed E-state index contributed by atoms with van der Waals surface area (Å²) in [5.41, 5.74) is 0.696. The highest BCUT2D eigenvalue weighted by molar-refractivity contribution is 6.09. The van der Waals surface area contributed by atoms with Gasteiger partial charge in [0.05, 0.1) is 27.8 Å². The summed E-state index contributed by atoms with van der Waals surface area (Å²) in [5.74, 6) is 0.778. The summed E-state index contributed by atoms with van der Waals surface area (Å²) >= 11 is 0. The van der Waals surface area contributed by atoms with Crippen molar-refractivity contribution in [2.45, 2.75) is 25.5 Å². The number of fused-ring (bicyclic) bond motifs is 1. The van der Waals surface area contributed by atoms with E-state index in [0.29, 0.717) is 19.2 Å². The van der Waals surface area contributed by atoms with E-state index in [2.05, 4.69) is 9.88 Å². The zero-order valence-electron chi connectivity index (χ0n) is 13.5. The number of H-pyrrole nitrogens is 1. The molecule has 0 saturated heterocycles. The lowest BCUT2D eigenvalue weighted by Crippen LogP contribution is -2.27. The molecule has 0 saturated carbocycles. The highest BCUT2D eigenvalue weighted by atomic mass is 16.5. The molecule has 0 amide bonds. The van der Waals surface area contributed by atoms with Crippen molar-refractivity contribution >= 4 is 26.6 Å². The van der Waals surface area contributed by atoms with E-state index in [1.54, 1.807) is 6.07 Å². The van der Waals surface area contributed by atoms with Crippen LogP contribution >= 0.6 is 0 Å². The van der Waals surface area contributed by atoms with Crippen molar-refractivity contribution in [1.82, 2.24) is 9.88 Å². The predicted octanol–water partition coefficient (Wildman–Crippen LogP) is 2.16. The van der Waals surface area contributed by atoms with E-state index in [9.17, 15) is 4.79 Å². The molecule has 6 heteroatoms. The Bertz CT molecular complexity index is 654. The molecule has 23 heavy (non-hydrogen) atoms. The summed E-state index contributed by atoms with van der Waals surface area (Å²) in [6.45, 7) is 3.41. The van der Waals surface area contributed by atoms with Gasteiger partial charge in [0.1, 0.15) is 5.75 Å². The van der Waals surface area contributed by atoms with Crippen LogP contribution in [0.25, 0.3) is 10.9 Å². The maximum atomic E-state index is 11.3. The molecule has 1 aromatic heterocycles. The molecular formula is C17H22B2N2O2.